The van der Waals surface area contributed by atoms with E-state index in [0.717, 1.165) is 49.4 Å². The monoisotopic (exact) mass is 556 g/mol. The van der Waals surface area contributed by atoms with E-state index in [0.29, 0.717) is 40.9 Å². The fourth-order valence-corrected chi connectivity index (χ4v) is 13.8. The van der Waals surface area contributed by atoms with Gasteiger partial charge in [0.25, 0.3) is 0 Å². The standard InChI is InChI=1S/C31H40O5.4CH4/c1-12-14-7-18(23(12)24-13(2)17-9-20(24)26-25(17)28(33)35-29(26)34)19(8-14)27(32)36-30(3)10-21-15-5-4-6-16(15)22-11-31(21,22)30;;;;/h12-26H,4-11H2,1-3H3;4*1H4. The van der Waals surface area contributed by atoms with Crippen molar-refractivity contribution < 1.29 is 23.9 Å². The number of cyclic esters (lactones) is 2. The van der Waals surface area contributed by atoms with Crippen LogP contribution in [0.5, 0.6) is 0 Å². The van der Waals surface area contributed by atoms with Crippen molar-refractivity contribution in [2.45, 2.75) is 107 Å². The molecule has 9 rings (SSSR count). The Hall–Kier alpha value is -1.39. The van der Waals surface area contributed by atoms with Crippen molar-refractivity contribution >= 4 is 17.9 Å². The summed E-state index contributed by atoms with van der Waals surface area (Å²) in [5.41, 5.74) is 0.0971. The van der Waals surface area contributed by atoms with Crippen LogP contribution in [0.15, 0.2) is 0 Å². The number of esters is 3. The second-order valence-electron chi connectivity index (χ2n) is 15.3. The van der Waals surface area contributed by atoms with Gasteiger partial charge in [-0.1, -0.05) is 50.0 Å². The first-order chi connectivity index (χ1) is 17.2. The number of rotatable bonds is 3. The molecule has 9 fully saturated rings. The molecule has 1 saturated heterocycles. The second kappa shape index (κ2) is 9.06. The Kier molecular flexibility index (Phi) is 6.81. The maximum absolute atomic E-state index is 13.9. The Morgan fingerprint density at radius 2 is 1.38 bits per heavy atom. The van der Waals surface area contributed by atoms with Crippen LogP contribution in [0.25, 0.3) is 0 Å². The minimum Gasteiger partial charge on any atom is -0.459 e. The molecule has 226 valence electrons. The van der Waals surface area contributed by atoms with Gasteiger partial charge in [-0.05, 0) is 123 Å². The van der Waals surface area contributed by atoms with E-state index >= 15 is 0 Å². The maximum atomic E-state index is 13.9. The van der Waals surface area contributed by atoms with Crippen LogP contribution in [0.3, 0.4) is 0 Å². The molecule has 1 spiro atoms. The number of carbonyl (C=O) groups is 3. The molecule has 1 heterocycles. The highest BCUT2D eigenvalue weighted by atomic mass is 16.6. The molecule has 0 aromatic carbocycles. The zero-order valence-corrected chi connectivity index (χ0v) is 21.9. The van der Waals surface area contributed by atoms with Crippen LogP contribution in [-0.2, 0) is 23.9 Å². The van der Waals surface area contributed by atoms with Crippen molar-refractivity contribution in [3.05, 3.63) is 0 Å². The number of ether oxygens (including phenoxy) is 2. The third-order valence-corrected chi connectivity index (χ3v) is 14.9. The van der Waals surface area contributed by atoms with E-state index < -0.39 is 0 Å². The molecule has 40 heavy (non-hydrogen) atoms. The van der Waals surface area contributed by atoms with E-state index in [9.17, 15) is 14.4 Å². The van der Waals surface area contributed by atoms with Crippen LogP contribution in [0.2, 0.25) is 0 Å². The summed E-state index contributed by atoms with van der Waals surface area (Å²) in [5.74, 6) is 6.05. The molecule has 0 N–H and O–H groups in total. The van der Waals surface area contributed by atoms with Gasteiger partial charge in [0.1, 0.15) is 5.60 Å². The number of hydrogen-bond acceptors (Lipinski definition) is 5. The first-order valence-corrected chi connectivity index (χ1v) is 15.2. The summed E-state index contributed by atoms with van der Waals surface area (Å²) >= 11 is 0. The molecule has 0 aromatic rings. The fraction of sp³-hybridized carbons (Fsp3) is 0.914. The first-order valence-electron chi connectivity index (χ1n) is 15.2. The smallest absolute Gasteiger partial charge is 0.317 e. The van der Waals surface area contributed by atoms with Gasteiger partial charge in [-0.2, -0.15) is 0 Å². The predicted octanol–water partition coefficient (Wildman–Crippen LogP) is 7.41. The van der Waals surface area contributed by atoms with Crippen LogP contribution in [0.1, 0.15) is 102 Å². The molecular formula is C35H56O5. The van der Waals surface area contributed by atoms with Gasteiger partial charge >= 0.3 is 17.9 Å². The van der Waals surface area contributed by atoms with Crippen molar-refractivity contribution in [3.8, 4) is 0 Å². The summed E-state index contributed by atoms with van der Waals surface area (Å²) in [6, 6.07) is 0. The van der Waals surface area contributed by atoms with E-state index in [-0.39, 0.29) is 82.8 Å². The molecule has 5 nitrogen and oxygen atoms in total. The molecule has 0 aromatic heterocycles. The predicted molar refractivity (Wildman–Crippen MR) is 156 cm³/mol. The van der Waals surface area contributed by atoms with Gasteiger partial charge in [0.2, 0.25) is 0 Å². The van der Waals surface area contributed by atoms with Gasteiger partial charge in [0.15, 0.2) is 0 Å². The average molecular weight is 557 g/mol. The number of hydrogen-bond donors (Lipinski definition) is 0. The molecule has 17 atom stereocenters. The van der Waals surface area contributed by atoms with Crippen molar-refractivity contribution in [1.82, 2.24) is 0 Å². The van der Waals surface area contributed by atoms with Gasteiger partial charge in [0, 0.05) is 5.41 Å². The Morgan fingerprint density at radius 1 is 0.775 bits per heavy atom. The first kappa shape index (κ1) is 30.1. The quantitative estimate of drug-likeness (QED) is 0.267. The van der Waals surface area contributed by atoms with E-state index in [1.54, 1.807) is 0 Å². The van der Waals surface area contributed by atoms with Gasteiger partial charge in [0.05, 0.1) is 17.8 Å². The van der Waals surface area contributed by atoms with Crippen LogP contribution in [-0.4, -0.2) is 23.5 Å². The average Bonchev–Trinajstić information content (AvgIpc) is 3.45. The van der Waals surface area contributed by atoms with Crippen molar-refractivity contribution in [1.29, 1.82) is 0 Å². The highest BCUT2D eigenvalue weighted by Crippen LogP contribution is 2.85. The van der Waals surface area contributed by atoms with Gasteiger partial charge in [-0.15, -0.1) is 0 Å². The molecule has 9 aliphatic rings. The van der Waals surface area contributed by atoms with Crippen LogP contribution >= 0.6 is 0 Å². The van der Waals surface area contributed by atoms with Crippen LogP contribution in [0.4, 0.5) is 0 Å². The summed E-state index contributed by atoms with van der Waals surface area (Å²) in [7, 11) is 0. The van der Waals surface area contributed by atoms with Crippen molar-refractivity contribution in [3.63, 3.8) is 0 Å². The lowest BCUT2D eigenvalue weighted by atomic mass is 9.56. The Bertz CT molecular complexity index is 1100. The summed E-state index contributed by atoms with van der Waals surface area (Å²) in [6.45, 7) is 6.98. The van der Waals surface area contributed by atoms with E-state index in [2.05, 4.69) is 20.8 Å². The topological polar surface area (TPSA) is 69.7 Å². The molecule has 0 amide bonds. The molecule has 8 aliphatic carbocycles. The fourth-order valence-electron chi connectivity index (χ4n) is 13.8. The number of fused-ring (bicyclic) bond motifs is 10. The summed E-state index contributed by atoms with van der Waals surface area (Å²) in [6.07, 6.45) is 9.75. The lowest BCUT2D eigenvalue weighted by molar-refractivity contribution is -0.208. The maximum Gasteiger partial charge on any atom is 0.317 e. The zero-order valence-electron chi connectivity index (χ0n) is 21.9. The highest BCUT2D eigenvalue weighted by molar-refractivity contribution is 5.97. The Balaban J connectivity index is 0.000000807. The van der Waals surface area contributed by atoms with Gasteiger partial charge < -0.3 is 9.47 Å². The third-order valence-electron chi connectivity index (χ3n) is 14.9. The molecular weight excluding hydrogens is 500 g/mol. The number of carbonyl (C=O) groups excluding carboxylic acids is 3. The molecule has 0 radical (unpaired) electrons. The zero-order chi connectivity index (χ0) is 24.5. The van der Waals surface area contributed by atoms with Crippen LogP contribution < -0.4 is 0 Å². The SMILES string of the molecule is C.C.C.C.CC1C2CC(C(=O)OC3(C)CC4C5CCCC5C5CC453)C(C2)C1C1C(C)C2CC1C1C(=O)OC(=O)C21. The summed E-state index contributed by atoms with van der Waals surface area (Å²) in [5, 5.41) is 0. The molecule has 1 aliphatic heterocycles. The van der Waals surface area contributed by atoms with Crippen molar-refractivity contribution in [2.24, 2.45) is 94.2 Å². The van der Waals surface area contributed by atoms with E-state index in [1.807, 2.05) is 0 Å². The van der Waals surface area contributed by atoms with Gasteiger partial charge in [-0.25, -0.2) is 0 Å². The Morgan fingerprint density at radius 3 is 2.02 bits per heavy atom. The second-order valence-corrected chi connectivity index (χ2v) is 15.3. The third kappa shape index (κ3) is 3.09. The summed E-state index contributed by atoms with van der Waals surface area (Å²) < 4.78 is 11.7. The van der Waals surface area contributed by atoms with Crippen LogP contribution in [0, 0.1) is 94.2 Å². The summed E-state index contributed by atoms with van der Waals surface area (Å²) in [4.78, 5) is 38.9. The molecule has 5 heteroatoms. The normalized spacial score (nSPS) is 58.1. The van der Waals surface area contributed by atoms with Gasteiger partial charge in [-0.3, -0.25) is 14.4 Å². The van der Waals surface area contributed by atoms with E-state index in [4.69, 9.17) is 9.47 Å². The molecule has 8 saturated carbocycles. The Labute approximate surface area is 243 Å². The van der Waals surface area contributed by atoms with Crippen molar-refractivity contribution in [2.75, 3.05) is 0 Å². The lowest BCUT2D eigenvalue weighted by Gasteiger charge is -2.54. The largest absolute Gasteiger partial charge is 0.459 e. The van der Waals surface area contributed by atoms with E-state index in [1.165, 1.54) is 25.7 Å². The lowest BCUT2D eigenvalue weighted by Crippen LogP contribution is -2.58. The minimum atomic E-state index is -0.272. The molecule has 17 unspecified atom stereocenters. The highest BCUT2D eigenvalue weighted by Gasteiger charge is 2.84. The molecule has 4 bridgehead atoms. The minimum absolute atomic E-state index is 0.